The van der Waals surface area contributed by atoms with Gasteiger partial charge in [-0.25, -0.2) is 0 Å². The maximum Gasteiger partial charge on any atom is 0.217 e. The summed E-state index contributed by atoms with van der Waals surface area (Å²) in [7, 11) is 0. The van der Waals surface area contributed by atoms with Gasteiger partial charge in [-0.2, -0.15) is 0 Å². The molecule has 8 fully saturated rings. The average Bonchev–Trinajstić information content (AvgIpc) is 0.774. The van der Waals surface area contributed by atoms with E-state index in [2.05, 4.69) is 21.3 Å². The van der Waals surface area contributed by atoms with Gasteiger partial charge in [-0.15, -0.1) is 0 Å². The van der Waals surface area contributed by atoms with Crippen molar-refractivity contribution in [1.82, 2.24) is 21.3 Å². The SMILES string of the molecule is CC(=O)N[C@H]1[C@H](OC[C@H]2O[C@@H](O[C@H]3[C@H](O)[C@@H](CO)O[C@@H](O[C@H]4[C@@H](O)[C@@H](CO)O[C@@H](O[C@H]5[C@H](O)[C@@H](O)[C@H](OC[C@@H](CO)NC=O)O[C@@H]5CO)[C@@H]4O)[C@@H]3NC(C)=O)[C@H](O)[C@@H](O[C@@H]3O[C@H](CO)[C@@H](O)[C@H](O)[C@H]3NC(C)=O)[C@H]2O)O[C@H](CO)[C@@H](O[C@@H]2O[C@H](CO)[C@H](O)[C@H](O)[C@H]2O[C@@H]2O[C@@H](C)[C@@H](O)[C@@H](O)[C@@H]2O)[C@@H]1O. The molecule has 46 heteroatoms. The van der Waals surface area contributed by atoms with Crippen LogP contribution in [0.3, 0.4) is 0 Å². The molecule has 0 bridgehead atoms. The summed E-state index contributed by atoms with van der Waals surface area (Å²) >= 11 is 0. The van der Waals surface area contributed by atoms with Crippen LogP contribution in [0.5, 0.6) is 0 Å². The standard InChI is InChI=1S/C58H98N4O42/c1-15-30(74)38(82)41(85)55(91-15)104-50-39(83)32(76)21(7-65)95-58(50)100-45-24(10-68)96-51(28(37(45)81)61-17(3)72)90-13-26-35(79)49(102-52-27(60-16(2)71)36(80)31(75)20(6-64)92-52)44(88)57(98-26)101-47-29(62-18(4)73)53(93-22(8-66)33(47)77)103-48-34(78)23(9-67)94-56(43(48)87)99-46-25(11-69)97-54(42(86)40(46)84)89-12-19(5-63)59-14-70/h14-15,19-58,63-69,74-88H,5-13H2,1-4H3,(H,59,70)(H,60,71)(H,61,72)(H,62,73)/t15-,19+,20+,21+,22+,23+,24+,25+,26+,27+,28+,29+,30+,31+,32-,33+,34-,35-,36+,37+,38+,39-,40+,41-,42+,43+,44+,45+,46+,47+,48-,49-,50+,51+,52-,53-,54+,55-,56-,57-,58-/m0/s1. The van der Waals surface area contributed by atoms with Gasteiger partial charge in [-0.1, -0.05) is 0 Å². The zero-order valence-electron chi connectivity index (χ0n) is 56.1. The molecule has 8 aliphatic heterocycles. The van der Waals surface area contributed by atoms with Crippen LogP contribution in [0.4, 0.5) is 0 Å². The Labute approximate surface area is 590 Å². The molecule has 8 aliphatic rings. The topological polar surface area (TPSA) is 709 Å². The Morgan fingerprint density at radius 3 is 1.22 bits per heavy atom. The van der Waals surface area contributed by atoms with E-state index in [-0.39, 0.29) is 6.41 Å². The number of ether oxygens (including phenoxy) is 16. The van der Waals surface area contributed by atoms with Gasteiger partial charge in [-0.05, 0) is 6.92 Å². The first-order chi connectivity index (χ1) is 49.3. The van der Waals surface area contributed by atoms with Crippen molar-refractivity contribution in [2.24, 2.45) is 0 Å². The molecular formula is C58H98N4O42. The molecule has 0 saturated carbocycles. The molecule has 104 heavy (non-hydrogen) atoms. The van der Waals surface area contributed by atoms with Gasteiger partial charge in [0.1, 0.15) is 189 Å². The van der Waals surface area contributed by atoms with Crippen molar-refractivity contribution in [2.75, 3.05) is 59.5 Å². The number of carbonyl (C=O) groups excluding carboxylic acids is 4. The fraction of sp³-hybridized carbons (Fsp3) is 0.931. The molecule has 0 spiro atoms. The molecule has 8 rings (SSSR count). The third-order valence-electron chi connectivity index (χ3n) is 18.8. The van der Waals surface area contributed by atoms with Gasteiger partial charge < -0.3 is 209 Å². The van der Waals surface area contributed by atoms with Crippen LogP contribution in [0.2, 0.25) is 0 Å². The molecule has 0 radical (unpaired) electrons. The van der Waals surface area contributed by atoms with Crippen molar-refractivity contribution in [1.29, 1.82) is 0 Å². The second-order valence-corrected chi connectivity index (χ2v) is 26.1. The molecule has 8 saturated heterocycles. The van der Waals surface area contributed by atoms with Crippen molar-refractivity contribution in [3.63, 3.8) is 0 Å². The van der Waals surface area contributed by atoms with Crippen LogP contribution < -0.4 is 21.3 Å². The molecule has 0 aromatic rings. The number of amides is 4. The molecule has 8 heterocycles. The van der Waals surface area contributed by atoms with Crippen LogP contribution in [-0.2, 0) is 95.0 Å². The van der Waals surface area contributed by atoms with E-state index in [0.717, 1.165) is 20.8 Å². The van der Waals surface area contributed by atoms with Crippen LogP contribution in [0.1, 0.15) is 27.7 Å². The average molecular weight is 1520 g/mol. The Hall–Kier alpha value is -3.64. The third kappa shape index (κ3) is 19.4. The lowest BCUT2D eigenvalue weighted by molar-refractivity contribution is -0.388. The van der Waals surface area contributed by atoms with Gasteiger partial charge in [0, 0.05) is 20.8 Å². The van der Waals surface area contributed by atoms with Crippen molar-refractivity contribution >= 4 is 24.1 Å². The first kappa shape index (κ1) is 86.0. The van der Waals surface area contributed by atoms with Crippen molar-refractivity contribution in [3.05, 3.63) is 0 Å². The lowest BCUT2D eigenvalue weighted by Crippen LogP contribution is -2.71. The van der Waals surface area contributed by atoms with Gasteiger partial charge in [0.15, 0.2) is 50.3 Å². The van der Waals surface area contributed by atoms with Gasteiger partial charge in [-0.3, -0.25) is 19.2 Å². The minimum Gasteiger partial charge on any atom is -0.394 e. The first-order valence-electron chi connectivity index (χ1n) is 33.2. The predicted octanol–water partition coefficient (Wildman–Crippen LogP) is -17.9. The number of rotatable bonds is 30. The highest BCUT2D eigenvalue weighted by Gasteiger charge is 2.60. The molecule has 0 aromatic carbocycles. The Bertz CT molecular complexity index is 2680. The molecule has 46 nitrogen and oxygen atoms in total. The fourth-order valence-electron chi connectivity index (χ4n) is 13.1. The Morgan fingerprint density at radius 2 is 0.702 bits per heavy atom. The number of hydrogen-bond acceptors (Lipinski definition) is 42. The quantitative estimate of drug-likeness (QED) is 0.0297. The molecule has 0 aliphatic carbocycles. The molecule has 4 amide bonds. The van der Waals surface area contributed by atoms with Crippen LogP contribution in [0.15, 0.2) is 0 Å². The van der Waals surface area contributed by atoms with Crippen LogP contribution >= 0.6 is 0 Å². The lowest BCUT2D eigenvalue weighted by atomic mass is 9.93. The van der Waals surface area contributed by atoms with Crippen LogP contribution in [0, 0.1) is 0 Å². The van der Waals surface area contributed by atoms with E-state index < -0.39 is 329 Å². The summed E-state index contributed by atoms with van der Waals surface area (Å²) < 4.78 is 94.1. The first-order valence-corrected chi connectivity index (χ1v) is 33.2. The van der Waals surface area contributed by atoms with Crippen LogP contribution in [0.25, 0.3) is 0 Å². The van der Waals surface area contributed by atoms with E-state index in [0.29, 0.717) is 0 Å². The Balaban J connectivity index is 1.08. The highest BCUT2D eigenvalue weighted by molar-refractivity contribution is 5.74. The monoisotopic (exact) mass is 1520 g/mol. The van der Waals surface area contributed by atoms with Gasteiger partial charge >= 0.3 is 0 Å². The van der Waals surface area contributed by atoms with Crippen molar-refractivity contribution < 1.29 is 207 Å². The number of hydrogen-bond donors (Lipinski definition) is 26. The lowest BCUT2D eigenvalue weighted by Gasteiger charge is -2.51. The summed E-state index contributed by atoms with van der Waals surface area (Å²) in [6, 6.07) is -6.64. The highest BCUT2D eigenvalue weighted by atomic mass is 16.8. The number of aliphatic hydroxyl groups excluding tert-OH is 22. The zero-order chi connectivity index (χ0) is 76.6. The Morgan fingerprint density at radius 1 is 0.337 bits per heavy atom. The van der Waals surface area contributed by atoms with Gasteiger partial charge in [0.25, 0.3) is 0 Å². The summed E-state index contributed by atoms with van der Waals surface area (Å²) in [6.07, 6.45) is -73.3. The maximum absolute atomic E-state index is 13.2. The smallest absolute Gasteiger partial charge is 0.217 e. The molecule has 26 N–H and O–H groups in total. The number of aliphatic hydroxyl groups is 22. The highest BCUT2D eigenvalue weighted by Crippen LogP contribution is 2.39. The fourth-order valence-corrected chi connectivity index (χ4v) is 13.1. The number of nitrogens with one attached hydrogen (secondary N) is 4. The summed E-state index contributed by atoms with van der Waals surface area (Å²) in [4.78, 5) is 49.8. The predicted molar refractivity (Wildman–Crippen MR) is 322 cm³/mol. The third-order valence-corrected chi connectivity index (χ3v) is 18.8. The largest absolute Gasteiger partial charge is 0.394 e. The summed E-state index contributed by atoms with van der Waals surface area (Å²) in [6.45, 7) is -4.36. The minimum atomic E-state index is -2.44. The van der Waals surface area contributed by atoms with Gasteiger partial charge in [0.05, 0.1) is 71.6 Å². The minimum absolute atomic E-state index is 0.253. The summed E-state index contributed by atoms with van der Waals surface area (Å²) in [5.74, 6) is -2.76. The summed E-state index contributed by atoms with van der Waals surface area (Å²) in [5.41, 5.74) is 0. The van der Waals surface area contributed by atoms with Crippen LogP contribution in [-0.4, -0.2) is 447 Å². The summed E-state index contributed by atoms with van der Waals surface area (Å²) in [5, 5.41) is 252. The van der Waals surface area contributed by atoms with E-state index in [1.165, 1.54) is 6.92 Å². The van der Waals surface area contributed by atoms with E-state index in [9.17, 15) is 132 Å². The second-order valence-electron chi connectivity index (χ2n) is 26.1. The van der Waals surface area contributed by atoms with Gasteiger partial charge in [0.2, 0.25) is 24.1 Å². The van der Waals surface area contributed by atoms with Crippen molar-refractivity contribution in [3.8, 4) is 0 Å². The Kier molecular flexibility index (Phi) is 31.7. The second kappa shape index (κ2) is 38.3. The molecule has 0 aromatic heterocycles. The van der Waals surface area contributed by atoms with E-state index >= 15 is 0 Å². The van der Waals surface area contributed by atoms with E-state index in [1.54, 1.807) is 0 Å². The molecule has 602 valence electrons. The van der Waals surface area contributed by atoms with Crippen molar-refractivity contribution in [2.45, 2.75) is 279 Å². The molecule has 0 unspecified atom stereocenters. The van der Waals surface area contributed by atoms with E-state index in [1.807, 2.05) is 0 Å². The molecular weight excluding hydrogens is 1420 g/mol. The molecule has 41 atom stereocenters. The normalized spacial score (nSPS) is 47.6. The zero-order valence-corrected chi connectivity index (χ0v) is 56.1. The van der Waals surface area contributed by atoms with E-state index in [4.69, 9.17) is 75.8 Å². The number of carbonyl (C=O) groups is 4. The maximum atomic E-state index is 13.2.